The number of aromatic amines is 1. The lowest BCUT2D eigenvalue weighted by Crippen LogP contribution is -2.29. The van der Waals surface area contributed by atoms with Crippen molar-refractivity contribution in [2.75, 3.05) is 5.43 Å². The largest absolute Gasteiger partial charge is 0.329 e. The lowest BCUT2D eigenvalue weighted by atomic mass is 10.2. The Morgan fingerprint density at radius 2 is 2.14 bits per heavy atom. The molecular weight excluding hydrogens is 378 g/mol. The Morgan fingerprint density at radius 3 is 2.86 bits per heavy atom. The van der Waals surface area contributed by atoms with Crippen molar-refractivity contribution in [3.63, 3.8) is 0 Å². The van der Waals surface area contributed by atoms with Gasteiger partial charge in [0.1, 0.15) is 0 Å². The van der Waals surface area contributed by atoms with Crippen LogP contribution in [0.25, 0.3) is 11.2 Å². The maximum atomic E-state index is 12.4. The second-order valence-corrected chi connectivity index (χ2v) is 6.51. The average Bonchev–Trinajstić information content (AvgIpc) is 3.06. The first-order valence-electron chi connectivity index (χ1n) is 9.15. The number of benzene rings is 1. The highest BCUT2D eigenvalue weighted by Crippen LogP contribution is 2.17. The molecule has 0 fully saturated rings. The van der Waals surface area contributed by atoms with Gasteiger partial charge in [0.15, 0.2) is 11.2 Å². The van der Waals surface area contributed by atoms with Gasteiger partial charge in [0, 0.05) is 31.3 Å². The second kappa shape index (κ2) is 8.50. The van der Waals surface area contributed by atoms with Gasteiger partial charge in [0.2, 0.25) is 5.95 Å². The zero-order valence-electron chi connectivity index (χ0n) is 16.1. The van der Waals surface area contributed by atoms with Crippen LogP contribution in [0.1, 0.15) is 31.7 Å². The Hall–Kier alpha value is -3.76. The van der Waals surface area contributed by atoms with E-state index in [0.717, 1.165) is 19.3 Å². The van der Waals surface area contributed by atoms with Gasteiger partial charge in [0.05, 0.1) is 11.1 Å². The van der Waals surface area contributed by atoms with Crippen LogP contribution < -0.4 is 16.7 Å². The number of nitro groups is 1. The number of non-ortho nitro benzene ring substituents is 1. The molecule has 0 bridgehead atoms. The number of nitrogens with zero attached hydrogens (tertiary/aromatic N) is 5. The molecule has 29 heavy (non-hydrogen) atoms. The number of anilines is 1. The SMILES string of the molecule is CCCCCn1c(N/N=C/c2cccc([N+](=O)[O-])c2)nc2c1c(=O)[nH]c(=O)n2C. The summed E-state index contributed by atoms with van der Waals surface area (Å²) >= 11 is 0. The molecule has 11 nitrogen and oxygen atoms in total. The van der Waals surface area contributed by atoms with Crippen LogP contribution in [0.3, 0.4) is 0 Å². The van der Waals surface area contributed by atoms with Crippen LogP contribution in [0.5, 0.6) is 0 Å². The maximum Gasteiger partial charge on any atom is 0.329 e. The van der Waals surface area contributed by atoms with E-state index in [4.69, 9.17) is 0 Å². The first-order chi connectivity index (χ1) is 13.9. The molecule has 2 N–H and O–H groups in total. The molecule has 0 spiro atoms. The molecule has 0 aliphatic carbocycles. The Morgan fingerprint density at radius 1 is 1.34 bits per heavy atom. The maximum absolute atomic E-state index is 12.4. The molecule has 3 aromatic rings. The monoisotopic (exact) mass is 399 g/mol. The minimum absolute atomic E-state index is 0.0395. The first-order valence-corrected chi connectivity index (χ1v) is 9.15. The van der Waals surface area contributed by atoms with E-state index in [1.165, 1.54) is 30.0 Å². The number of rotatable bonds is 8. The smallest absolute Gasteiger partial charge is 0.303 e. The van der Waals surface area contributed by atoms with E-state index in [-0.39, 0.29) is 16.9 Å². The number of nitro benzene ring substituents is 1. The summed E-state index contributed by atoms with van der Waals surface area (Å²) in [5, 5.41) is 15.0. The number of aryl methyl sites for hydroxylation is 2. The van der Waals surface area contributed by atoms with E-state index in [0.29, 0.717) is 18.1 Å². The summed E-state index contributed by atoms with van der Waals surface area (Å²) in [6, 6.07) is 6.03. The molecule has 0 amide bonds. The summed E-state index contributed by atoms with van der Waals surface area (Å²) in [5.74, 6) is 0.310. The third kappa shape index (κ3) is 4.23. The molecule has 0 saturated carbocycles. The van der Waals surface area contributed by atoms with Crippen molar-refractivity contribution in [2.24, 2.45) is 12.1 Å². The van der Waals surface area contributed by atoms with E-state index < -0.39 is 16.2 Å². The fraction of sp³-hybridized carbons (Fsp3) is 0.333. The Balaban J connectivity index is 1.96. The third-order valence-electron chi connectivity index (χ3n) is 4.45. The summed E-state index contributed by atoms with van der Waals surface area (Å²) in [4.78, 5) is 41.3. The van der Waals surface area contributed by atoms with Gasteiger partial charge in [-0.25, -0.2) is 10.2 Å². The zero-order valence-corrected chi connectivity index (χ0v) is 16.1. The quantitative estimate of drug-likeness (QED) is 0.257. The third-order valence-corrected chi connectivity index (χ3v) is 4.45. The summed E-state index contributed by atoms with van der Waals surface area (Å²) in [7, 11) is 1.53. The lowest BCUT2D eigenvalue weighted by molar-refractivity contribution is -0.384. The van der Waals surface area contributed by atoms with Crippen molar-refractivity contribution in [2.45, 2.75) is 32.7 Å². The molecule has 0 aliphatic rings. The minimum atomic E-state index is -0.549. The van der Waals surface area contributed by atoms with Gasteiger partial charge >= 0.3 is 5.69 Å². The average molecular weight is 399 g/mol. The molecule has 152 valence electrons. The van der Waals surface area contributed by atoms with Gasteiger partial charge in [-0.2, -0.15) is 10.1 Å². The van der Waals surface area contributed by atoms with Gasteiger partial charge in [0.25, 0.3) is 11.2 Å². The van der Waals surface area contributed by atoms with E-state index in [1.807, 2.05) is 0 Å². The van der Waals surface area contributed by atoms with Crippen LogP contribution in [0.4, 0.5) is 11.6 Å². The molecule has 0 unspecified atom stereocenters. The van der Waals surface area contributed by atoms with Crippen molar-refractivity contribution in [3.05, 3.63) is 60.8 Å². The number of hydrogen-bond acceptors (Lipinski definition) is 7. The van der Waals surface area contributed by atoms with E-state index in [2.05, 4.69) is 27.4 Å². The molecule has 2 heterocycles. The molecule has 0 saturated heterocycles. The summed E-state index contributed by atoms with van der Waals surface area (Å²) in [6.07, 6.45) is 4.23. The molecule has 0 aliphatic heterocycles. The predicted molar refractivity (Wildman–Crippen MR) is 109 cm³/mol. The normalized spacial score (nSPS) is 11.4. The van der Waals surface area contributed by atoms with Gasteiger partial charge in [-0.3, -0.25) is 24.5 Å². The Labute approximate surface area is 164 Å². The molecular formula is C18H21N7O4. The number of H-pyrrole nitrogens is 1. The first kappa shape index (κ1) is 20.0. The number of nitrogens with one attached hydrogen (secondary N) is 2. The number of imidazole rings is 1. The van der Waals surface area contributed by atoms with Gasteiger partial charge < -0.3 is 4.57 Å². The predicted octanol–water partition coefficient (Wildman–Crippen LogP) is 1.97. The molecule has 2 aromatic heterocycles. The standard InChI is InChI=1S/C18H21N7O4/c1-3-4-5-9-24-14-15(23(2)18(27)21-16(14)26)20-17(24)22-19-11-12-7-6-8-13(10-12)25(28)29/h6-8,10-11H,3-5,9H2,1-2H3,(H,20,22)(H,21,26,27)/b19-11+. The topological polar surface area (TPSA) is 140 Å². The molecule has 0 radical (unpaired) electrons. The van der Waals surface area contributed by atoms with Crippen LogP contribution >= 0.6 is 0 Å². The number of aromatic nitrogens is 4. The number of fused-ring (bicyclic) bond motifs is 1. The van der Waals surface area contributed by atoms with Crippen molar-refractivity contribution in [1.29, 1.82) is 0 Å². The number of hydrazone groups is 1. The zero-order chi connectivity index (χ0) is 21.0. The fourth-order valence-electron chi connectivity index (χ4n) is 2.94. The van der Waals surface area contributed by atoms with Crippen molar-refractivity contribution in [1.82, 2.24) is 19.1 Å². The highest BCUT2D eigenvalue weighted by molar-refractivity contribution is 5.81. The van der Waals surface area contributed by atoms with Gasteiger partial charge in [-0.15, -0.1) is 0 Å². The van der Waals surface area contributed by atoms with Crippen LogP contribution in [0.2, 0.25) is 0 Å². The van der Waals surface area contributed by atoms with Crippen LogP contribution in [0.15, 0.2) is 39.0 Å². The Bertz CT molecular complexity index is 1190. The lowest BCUT2D eigenvalue weighted by Gasteiger charge is -2.07. The fourth-order valence-corrected chi connectivity index (χ4v) is 2.94. The molecule has 11 heteroatoms. The van der Waals surface area contributed by atoms with Crippen LogP contribution in [-0.2, 0) is 13.6 Å². The van der Waals surface area contributed by atoms with E-state index >= 15 is 0 Å². The highest BCUT2D eigenvalue weighted by atomic mass is 16.6. The molecule has 0 atom stereocenters. The minimum Gasteiger partial charge on any atom is -0.303 e. The summed E-state index contributed by atoms with van der Waals surface area (Å²) in [6.45, 7) is 2.60. The summed E-state index contributed by atoms with van der Waals surface area (Å²) < 4.78 is 2.95. The van der Waals surface area contributed by atoms with E-state index in [9.17, 15) is 19.7 Å². The van der Waals surface area contributed by atoms with Gasteiger partial charge in [-0.1, -0.05) is 31.9 Å². The van der Waals surface area contributed by atoms with Crippen LogP contribution in [-0.4, -0.2) is 30.2 Å². The van der Waals surface area contributed by atoms with Crippen molar-refractivity contribution >= 4 is 29.0 Å². The number of hydrogen-bond donors (Lipinski definition) is 2. The van der Waals surface area contributed by atoms with E-state index in [1.54, 1.807) is 16.7 Å². The van der Waals surface area contributed by atoms with Crippen molar-refractivity contribution < 1.29 is 4.92 Å². The van der Waals surface area contributed by atoms with Crippen LogP contribution in [0, 0.1) is 10.1 Å². The number of unbranched alkanes of at least 4 members (excludes halogenated alkanes) is 2. The molecule has 3 rings (SSSR count). The second-order valence-electron chi connectivity index (χ2n) is 6.51. The Kier molecular flexibility index (Phi) is 5.86. The van der Waals surface area contributed by atoms with Gasteiger partial charge in [-0.05, 0) is 6.42 Å². The highest BCUT2D eigenvalue weighted by Gasteiger charge is 2.16. The molecule has 1 aromatic carbocycles. The van der Waals surface area contributed by atoms with Crippen molar-refractivity contribution in [3.8, 4) is 0 Å². The summed E-state index contributed by atoms with van der Waals surface area (Å²) in [5.41, 5.74) is 2.76.